The van der Waals surface area contributed by atoms with Crippen LogP contribution in [0.25, 0.3) is 0 Å². The predicted octanol–water partition coefficient (Wildman–Crippen LogP) is 2.41. The summed E-state index contributed by atoms with van der Waals surface area (Å²) in [5, 5.41) is 11.9. The molecule has 2 bridgehead atoms. The third-order valence-corrected chi connectivity index (χ3v) is 4.53. The molecule has 1 N–H and O–H groups in total. The minimum Gasteiger partial charge on any atom is -0.353 e. The summed E-state index contributed by atoms with van der Waals surface area (Å²) >= 11 is 0. The molecule has 1 aromatic carbocycles. The zero-order chi connectivity index (χ0) is 13.2. The Bertz CT molecular complexity index is 515. The lowest BCUT2D eigenvalue weighted by atomic mass is 9.95. The molecule has 19 heavy (non-hydrogen) atoms. The second kappa shape index (κ2) is 5.05. The van der Waals surface area contributed by atoms with Crippen LogP contribution < -0.4 is 5.32 Å². The molecule has 3 atom stereocenters. The number of amides is 1. The van der Waals surface area contributed by atoms with E-state index in [9.17, 15) is 4.79 Å². The van der Waals surface area contributed by atoms with E-state index >= 15 is 0 Å². The minimum absolute atomic E-state index is 0.113. The molecule has 3 rings (SSSR count). The molecule has 2 aliphatic carbocycles. The molecular formula is C16H18N2O. The fourth-order valence-corrected chi connectivity index (χ4v) is 3.56. The second-order valence-electron chi connectivity index (χ2n) is 5.83. The number of fused-ring (bicyclic) bond motifs is 2. The van der Waals surface area contributed by atoms with Crippen LogP contribution in [0.1, 0.15) is 36.8 Å². The highest BCUT2D eigenvalue weighted by atomic mass is 16.1. The van der Waals surface area contributed by atoms with Gasteiger partial charge in [-0.25, -0.2) is 0 Å². The molecule has 1 aromatic rings. The Balaban J connectivity index is 1.55. The molecule has 3 heteroatoms. The van der Waals surface area contributed by atoms with Crippen molar-refractivity contribution < 1.29 is 4.79 Å². The van der Waals surface area contributed by atoms with Crippen molar-refractivity contribution in [2.45, 2.75) is 38.1 Å². The standard InChI is InChI=1S/C16H18N2O/c17-10-12-3-1-11(2-4-12)9-16(19)18-15-8-13-5-6-14(15)7-13/h1-4,13-15H,5-9H2,(H,18,19). The number of nitriles is 1. The molecular weight excluding hydrogens is 236 g/mol. The number of nitrogens with one attached hydrogen (secondary N) is 1. The smallest absolute Gasteiger partial charge is 0.224 e. The van der Waals surface area contributed by atoms with Gasteiger partial charge in [-0.1, -0.05) is 18.6 Å². The van der Waals surface area contributed by atoms with E-state index in [-0.39, 0.29) is 5.91 Å². The Morgan fingerprint density at radius 2 is 2.05 bits per heavy atom. The molecule has 0 aliphatic heterocycles. The fraction of sp³-hybridized carbons (Fsp3) is 0.500. The molecule has 0 saturated heterocycles. The van der Waals surface area contributed by atoms with Crippen LogP contribution in [-0.2, 0) is 11.2 Å². The van der Waals surface area contributed by atoms with Gasteiger partial charge in [0.05, 0.1) is 18.1 Å². The van der Waals surface area contributed by atoms with Gasteiger partial charge in [0.2, 0.25) is 5.91 Å². The van der Waals surface area contributed by atoms with E-state index in [1.165, 1.54) is 25.7 Å². The van der Waals surface area contributed by atoms with Crippen molar-refractivity contribution in [3.8, 4) is 6.07 Å². The Hall–Kier alpha value is -1.82. The molecule has 2 aliphatic rings. The quantitative estimate of drug-likeness (QED) is 0.900. The van der Waals surface area contributed by atoms with Gasteiger partial charge in [0.1, 0.15) is 0 Å². The maximum absolute atomic E-state index is 12.0. The maximum atomic E-state index is 12.0. The van der Waals surface area contributed by atoms with Crippen molar-refractivity contribution in [1.82, 2.24) is 5.32 Å². The second-order valence-corrected chi connectivity index (χ2v) is 5.83. The lowest BCUT2D eigenvalue weighted by Crippen LogP contribution is -2.39. The average Bonchev–Trinajstić information content (AvgIpc) is 3.02. The van der Waals surface area contributed by atoms with Crippen molar-refractivity contribution in [1.29, 1.82) is 5.26 Å². The highest BCUT2D eigenvalue weighted by Gasteiger charge is 2.39. The van der Waals surface area contributed by atoms with Gasteiger partial charge >= 0.3 is 0 Å². The first-order valence-electron chi connectivity index (χ1n) is 7.03. The Labute approximate surface area is 113 Å². The zero-order valence-corrected chi connectivity index (χ0v) is 10.9. The summed E-state index contributed by atoms with van der Waals surface area (Å²) in [5.41, 5.74) is 1.61. The Kier molecular flexibility index (Phi) is 3.25. The van der Waals surface area contributed by atoms with Crippen LogP contribution in [-0.4, -0.2) is 11.9 Å². The number of carbonyl (C=O) groups excluding carboxylic acids is 1. The first-order valence-corrected chi connectivity index (χ1v) is 7.03. The number of hydrogen-bond acceptors (Lipinski definition) is 2. The average molecular weight is 254 g/mol. The molecule has 0 spiro atoms. The number of benzene rings is 1. The van der Waals surface area contributed by atoms with Crippen LogP contribution in [0, 0.1) is 23.2 Å². The van der Waals surface area contributed by atoms with E-state index in [0.717, 1.165) is 17.4 Å². The fourth-order valence-electron chi connectivity index (χ4n) is 3.56. The van der Waals surface area contributed by atoms with E-state index in [4.69, 9.17) is 5.26 Å². The summed E-state index contributed by atoms with van der Waals surface area (Å²) in [6.07, 6.45) is 5.53. The van der Waals surface area contributed by atoms with E-state index in [1.807, 2.05) is 12.1 Å². The van der Waals surface area contributed by atoms with Crippen LogP contribution >= 0.6 is 0 Å². The van der Waals surface area contributed by atoms with Gasteiger partial charge in [-0.2, -0.15) is 5.26 Å². The minimum atomic E-state index is 0.113. The molecule has 3 unspecified atom stereocenters. The van der Waals surface area contributed by atoms with Gasteiger partial charge in [-0.05, 0) is 48.8 Å². The zero-order valence-electron chi connectivity index (χ0n) is 10.9. The van der Waals surface area contributed by atoms with Crippen LogP contribution in [0.5, 0.6) is 0 Å². The monoisotopic (exact) mass is 254 g/mol. The van der Waals surface area contributed by atoms with Crippen molar-refractivity contribution >= 4 is 5.91 Å². The first kappa shape index (κ1) is 12.2. The van der Waals surface area contributed by atoms with E-state index in [1.54, 1.807) is 12.1 Å². The number of nitrogens with zero attached hydrogens (tertiary/aromatic N) is 1. The van der Waals surface area contributed by atoms with Crippen molar-refractivity contribution in [2.75, 3.05) is 0 Å². The predicted molar refractivity (Wildman–Crippen MR) is 72.2 cm³/mol. The molecule has 0 radical (unpaired) electrons. The van der Waals surface area contributed by atoms with Gasteiger partial charge in [-0.15, -0.1) is 0 Å². The normalized spacial score (nSPS) is 28.1. The van der Waals surface area contributed by atoms with Crippen molar-refractivity contribution in [3.05, 3.63) is 35.4 Å². The molecule has 2 fully saturated rings. The molecule has 1 amide bonds. The molecule has 0 heterocycles. The molecule has 2 saturated carbocycles. The molecule has 98 valence electrons. The summed E-state index contributed by atoms with van der Waals surface area (Å²) in [6.45, 7) is 0. The van der Waals surface area contributed by atoms with Crippen LogP contribution in [0.15, 0.2) is 24.3 Å². The van der Waals surface area contributed by atoms with Crippen LogP contribution in [0.4, 0.5) is 0 Å². The highest BCUT2D eigenvalue weighted by Crippen LogP contribution is 2.44. The lowest BCUT2D eigenvalue weighted by molar-refractivity contribution is -0.121. The summed E-state index contributed by atoms with van der Waals surface area (Å²) in [4.78, 5) is 12.0. The Morgan fingerprint density at radius 1 is 1.26 bits per heavy atom. The van der Waals surface area contributed by atoms with Crippen molar-refractivity contribution in [2.24, 2.45) is 11.8 Å². The summed E-state index contributed by atoms with van der Waals surface area (Å²) in [5.74, 6) is 1.68. The summed E-state index contributed by atoms with van der Waals surface area (Å²) < 4.78 is 0. The summed E-state index contributed by atoms with van der Waals surface area (Å²) in [6, 6.07) is 9.74. The number of carbonyl (C=O) groups is 1. The van der Waals surface area contributed by atoms with Crippen LogP contribution in [0.3, 0.4) is 0 Å². The van der Waals surface area contributed by atoms with Gasteiger partial charge in [0.15, 0.2) is 0 Å². The largest absolute Gasteiger partial charge is 0.353 e. The van der Waals surface area contributed by atoms with E-state index in [2.05, 4.69) is 11.4 Å². The molecule has 3 nitrogen and oxygen atoms in total. The third-order valence-electron chi connectivity index (χ3n) is 4.53. The number of rotatable bonds is 3. The van der Waals surface area contributed by atoms with Crippen LogP contribution in [0.2, 0.25) is 0 Å². The third kappa shape index (κ3) is 2.63. The molecule has 0 aromatic heterocycles. The first-order chi connectivity index (χ1) is 9.24. The van der Waals surface area contributed by atoms with Gasteiger partial charge < -0.3 is 5.32 Å². The summed E-state index contributed by atoms with van der Waals surface area (Å²) in [7, 11) is 0. The van der Waals surface area contributed by atoms with E-state index < -0.39 is 0 Å². The Morgan fingerprint density at radius 3 is 2.63 bits per heavy atom. The topological polar surface area (TPSA) is 52.9 Å². The van der Waals surface area contributed by atoms with Gasteiger partial charge in [0.25, 0.3) is 0 Å². The van der Waals surface area contributed by atoms with Gasteiger partial charge in [-0.3, -0.25) is 4.79 Å². The maximum Gasteiger partial charge on any atom is 0.224 e. The van der Waals surface area contributed by atoms with Crippen molar-refractivity contribution in [3.63, 3.8) is 0 Å². The number of hydrogen-bond donors (Lipinski definition) is 1. The SMILES string of the molecule is N#Cc1ccc(CC(=O)NC2CC3CCC2C3)cc1. The lowest BCUT2D eigenvalue weighted by Gasteiger charge is -2.22. The highest BCUT2D eigenvalue weighted by molar-refractivity contribution is 5.79. The van der Waals surface area contributed by atoms with E-state index in [0.29, 0.717) is 18.0 Å². The van der Waals surface area contributed by atoms with Gasteiger partial charge in [0, 0.05) is 6.04 Å².